The number of aromatic nitrogens is 3. The van der Waals surface area contributed by atoms with E-state index >= 15 is 0 Å². The number of piperidine rings is 1. The Bertz CT molecular complexity index is 2750. The molecular formula is C52H66F3N9O9. The number of cyclic esters (lactones) is 1. The fraction of sp³-hybridized carbons (Fsp3) is 0.558. The zero-order chi connectivity index (χ0) is 52.7. The number of halogens is 3. The summed E-state index contributed by atoms with van der Waals surface area (Å²) < 4.78 is 69.2. The summed E-state index contributed by atoms with van der Waals surface area (Å²) >= 11 is 0. The molecule has 5 amide bonds. The average molecular weight is 1020 g/mol. The number of alkyl halides is 3. The van der Waals surface area contributed by atoms with Crippen molar-refractivity contribution in [1.82, 2.24) is 45.0 Å². The monoisotopic (exact) mass is 1020 g/mol. The number of methoxy groups -OCH3 is 1. The minimum Gasteiger partial charge on any atom is -0.464 e. The molecule has 7 heterocycles. The van der Waals surface area contributed by atoms with Crippen LogP contribution >= 0.6 is 0 Å². The van der Waals surface area contributed by atoms with Crippen molar-refractivity contribution >= 4 is 40.6 Å². The predicted molar refractivity (Wildman–Crippen MR) is 262 cm³/mol. The van der Waals surface area contributed by atoms with Gasteiger partial charge in [-0.05, 0) is 93.8 Å². The number of nitrogens with one attached hydrogen (secondary N) is 2. The second kappa shape index (κ2) is 20.9. The topological polar surface area (TPSA) is 194 Å². The lowest BCUT2D eigenvalue weighted by Crippen LogP contribution is -2.62. The second-order valence-electron chi connectivity index (χ2n) is 20.9. The third-order valence-corrected chi connectivity index (χ3v) is 14.5. The lowest BCUT2D eigenvalue weighted by atomic mass is 9.84. The number of amides is 5. The normalized spacial score (nSPS) is 22.2. The van der Waals surface area contributed by atoms with Gasteiger partial charge in [-0.25, -0.2) is 15.2 Å². The Labute approximate surface area is 422 Å². The molecule has 0 aliphatic carbocycles. The van der Waals surface area contributed by atoms with E-state index in [4.69, 9.17) is 23.6 Å². The molecule has 4 aliphatic rings. The van der Waals surface area contributed by atoms with Crippen LogP contribution in [-0.4, -0.2) is 147 Å². The number of esters is 1. The number of benzene rings is 1. The van der Waals surface area contributed by atoms with E-state index in [2.05, 4.69) is 22.3 Å². The van der Waals surface area contributed by atoms with E-state index < -0.39 is 77.9 Å². The molecule has 21 heteroatoms. The maximum atomic E-state index is 14.7. The van der Waals surface area contributed by atoms with Crippen LogP contribution in [0.2, 0.25) is 0 Å². The number of urea groups is 1. The molecule has 1 aromatic carbocycles. The van der Waals surface area contributed by atoms with E-state index in [1.54, 1.807) is 74.1 Å². The van der Waals surface area contributed by atoms with Crippen molar-refractivity contribution < 1.29 is 55.8 Å². The summed E-state index contributed by atoms with van der Waals surface area (Å²) in [4.78, 5) is 83.8. The van der Waals surface area contributed by atoms with Crippen LogP contribution in [0.25, 0.3) is 33.6 Å². The van der Waals surface area contributed by atoms with Gasteiger partial charge in [0.05, 0.1) is 41.9 Å². The lowest BCUT2D eigenvalue weighted by molar-refractivity contribution is -0.155. The predicted octanol–water partition coefficient (Wildman–Crippen LogP) is 6.58. The average Bonchev–Trinajstić information content (AvgIpc) is 4.04. The number of pyridine rings is 1. The highest BCUT2D eigenvalue weighted by molar-refractivity contribution is 5.95. The zero-order valence-electron chi connectivity index (χ0n) is 42.7. The molecule has 0 radical (unpaired) electrons. The Hall–Kier alpha value is -6.32. The summed E-state index contributed by atoms with van der Waals surface area (Å²) in [5, 5.41) is 4.71. The fourth-order valence-corrected chi connectivity index (χ4v) is 10.8. The summed E-state index contributed by atoms with van der Waals surface area (Å²) in [6.45, 7) is 14.3. The van der Waals surface area contributed by atoms with Gasteiger partial charge in [0.25, 0.3) is 5.91 Å². The first-order chi connectivity index (χ1) is 34.5. The molecule has 3 saturated heterocycles. The van der Waals surface area contributed by atoms with Gasteiger partial charge < -0.3 is 43.2 Å². The molecule has 8 rings (SSSR count). The van der Waals surface area contributed by atoms with E-state index in [0.717, 1.165) is 0 Å². The molecule has 3 aromatic heterocycles. The van der Waals surface area contributed by atoms with Crippen LogP contribution in [0.5, 0.6) is 0 Å². The van der Waals surface area contributed by atoms with Crippen LogP contribution in [0, 0.1) is 11.3 Å². The van der Waals surface area contributed by atoms with Crippen LogP contribution < -0.4 is 10.7 Å². The van der Waals surface area contributed by atoms with Crippen molar-refractivity contribution in [2.45, 2.75) is 129 Å². The lowest BCUT2D eigenvalue weighted by Gasteiger charge is -2.41. The Balaban J connectivity index is 1.13. The van der Waals surface area contributed by atoms with Crippen LogP contribution in [-0.2, 0) is 52.8 Å². The van der Waals surface area contributed by atoms with Gasteiger partial charge in [-0.15, -0.1) is 0 Å². The van der Waals surface area contributed by atoms with Gasteiger partial charge in [0, 0.05) is 73.9 Å². The van der Waals surface area contributed by atoms with Gasteiger partial charge >= 0.3 is 18.2 Å². The molecule has 73 heavy (non-hydrogen) atoms. The molecule has 394 valence electrons. The van der Waals surface area contributed by atoms with Crippen molar-refractivity contribution in [2.75, 3.05) is 46.9 Å². The molecule has 6 bridgehead atoms. The third-order valence-electron chi connectivity index (χ3n) is 14.5. The smallest absolute Gasteiger partial charge is 0.406 e. The van der Waals surface area contributed by atoms with Gasteiger partial charge in [-0.2, -0.15) is 13.2 Å². The van der Waals surface area contributed by atoms with Crippen molar-refractivity contribution in [1.29, 1.82) is 0 Å². The van der Waals surface area contributed by atoms with Crippen molar-refractivity contribution in [2.24, 2.45) is 11.3 Å². The standard InChI is InChI=1S/C52H66F3N9O9/c1-10-41(65)62-27-51(73-32(62)5)17-21-61(22-18-51)49(69)60(8)43(30(2)3)45(66)58-39-24-34-26-71-46(57-34)33-15-16-40-36(23-33)37(25-50(6,7)29-72-48(68)38-14-12-20-64(59-38)47(39)67)44(63(40)28-52(53,54)55)35-13-11-19-56-42(35)31(4)70-9/h10-11,13,15-16,19,23,26,30-32,38-39,43,59H,1,12,14,17-18,20-22,24-25,27-29H2,2-9H3,(H,58,66)/t31-,32+,38-,39-,43-/m0/s1. The Morgan fingerprint density at radius 3 is 2.53 bits per heavy atom. The van der Waals surface area contributed by atoms with Gasteiger partial charge in [0.2, 0.25) is 17.7 Å². The zero-order valence-corrected chi connectivity index (χ0v) is 42.7. The molecule has 4 aliphatic heterocycles. The summed E-state index contributed by atoms with van der Waals surface area (Å²) in [5.41, 5.74) is 4.32. The number of rotatable bonds is 9. The van der Waals surface area contributed by atoms with E-state index in [-0.39, 0.29) is 55.0 Å². The van der Waals surface area contributed by atoms with Crippen molar-refractivity contribution in [3.8, 4) is 22.7 Å². The molecule has 18 nitrogen and oxygen atoms in total. The molecule has 4 aromatic rings. The summed E-state index contributed by atoms with van der Waals surface area (Å²) in [5.74, 6) is -2.30. The van der Waals surface area contributed by atoms with Crippen molar-refractivity contribution in [3.63, 3.8) is 0 Å². The number of hydrogen-bond acceptors (Lipinski definition) is 12. The number of ether oxygens (including phenoxy) is 3. The first-order valence-electron chi connectivity index (χ1n) is 24.8. The van der Waals surface area contributed by atoms with Gasteiger partial charge in [-0.3, -0.25) is 29.2 Å². The minimum atomic E-state index is -4.62. The fourth-order valence-electron chi connectivity index (χ4n) is 10.8. The number of carbonyl (C=O) groups is 5. The van der Waals surface area contributed by atoms with Crippen LogP contribution in [0.15, 0.2) is 59.9 Å². The first-order valence-corrected chi connectivity index (χ1v) is 24.8. The quantitative estimate of drug-likeness (QED) is 0.135. The molecule has 2 N–H and O–H groups in total. The highest BCUT2D eigenvalue weighted by Crippen LogP contribution is 2.43. The number of oxazole rings is 1. The van der Waals surface area contributed by atoms with Crippen molar-refractivity contribution in [3.05, 3.63) is 72.4 Å². The number of hydrazine groups is 1. The first kappa shape index (κ1) is 53.0. The molecule has 0 unspecified atom stereocenters. The molecular weight excluding hydrogens is 952 g/mol. The van der Waals surface area contributed by atoms with Gasteiger partial charge in [-0.1, -0.05) is 34.3 Å². The minimum absolute atomic E-state index is 0.122. The molecule has 1 spiro atoms. The van der Waals surface area contributed by atoms with E-state index in [0.29, 0.717) is 78.8 Å². The molecule has 5 atom stereocenters. The highest BCUT2D eigenvalue weighted by Gasteiger charge is 2.48. The van der Waals surface area contributed by atoms with E-state index in [1.807, 2.05) is 20.8 Å². The summed E-state index contributed by atoms with van der Waals surface area (Å²) in [7, 11) is 3.05. The van der Waals surface area contributed by atoms with Gasteiger partial charge in [0.15, 0.2) is 0 Å². The number of hydrogen-bond donors (Lipinski definition) is 2. The number of fused-ring (bicyclic) bond motifs is 6. The number of likely N-dealkylation sites (tertiary alicyclic amines) is 1. The molecule has 3 fully saturated rings. The van der Waals surface area contributed by atoms with E-state index in [9.17, 15) is 37.1 Å². The Kier molecular flexibility index (Phi) is 15.2. The van der Waals surface area contributed by atoms with Gasteiger partial charge in [0.1, 0.15) is 37.2 Å². The number of carbonyl (C=O) groups excluding carboxylic acids is 5. The summed E-state index contributed by atoms with van der Waals surface area (Å²) in [6.07, 6.45) is 0.250. The largest absolute Gasteiger partial charge is 0.464 e. The van der Waals surface area contributed by atoms with Crippen LogP contribution in [0.3, 0.4) is 0 Å². The Morgan fingerprint density at radius 1 is 1.11 bits per heavy atom. The second-order valence-corrected chi connectivity index (χ2v) is 20.9. The maximum Gasteiger partial charge on any atom is 0.406 e. The molecule has 0 saturated carbocycles. The SMILES string of the molecule is C=CC(=O)N1CC2(CCN(C(=O)N(C)[C@H](C(=O)N[C@H]3Cc4coc(n4)-c4ccc5c(c4)c(c(-c4cccnc4[C@H](C)OC)n5CC(F)(F)F)CC(C)(C)COC(=O)[C@@H]4CCCN(N4)C3=O)C(C)C)CC2)O[C@@H]1C. The number of nitrogens with zero attached hydrogens (tertiary/aromatic N) is 7. The van der Waals surface area contributed by atoms with E-state index in [1.165, 1.54) is 33.9 Å². The maximum absolute atomic E-state index is 14.7. The van der Waals surface area contributed by atoms with Crippen LogP contribution in [0.4, 0.5) is 18.0 Å². The number of likely N-dealkylation sites (N-methyl/N-ethyl adjacent to an activating group) is 1. The highest BCUT2D eigenvalue weighted by atomic mass is 19.4. The summed E-state index contributed by atoms with van der Waals surface area (Å²) in [6, 6.07) is 4.70. The van der Waals surface area contributed by atoms with Crippen LogP contribution in [0.1, 0.15) is 90.3 Å². The Morgan fingerprint density at radius 2 is 1.85 bits per heavy atom. The third kappa shape index (κ3) is 11.1.